The predicted molar refractivity (Wildman–Crippen MR) is 204 cm³/mol. The second-order valence-electron chi connectivity index (χ2n) is 16.3. The molecular formula is C41H61FN4O8. The summed E-state index contributed by atoms with van der Waals surface area (Å²) in [6, 6.07) is 6.09. The largest absolute Gasteiger partial charge is 0.461 e. The van der Waals surface area contributed by atoms with Crippen LogP contribution in [-0.2, 0) is 35.6 Å². The zero-order valence-corrected chi connectivity index (χ0v) is 32.8. The number of likely N-dealkylation sites (tertiary alicyclic amines) is 1. The van der Waals surface area contributed by atoms with E-state index in [0.29, 0.717) is 75.8 Å². The van der Waals surface area contributed by atoms with Crippen molar-refractivity contribution >= 4 is 40.5 Å². The fourth-order valence-electron chi connectivity index (χ4n) is 8.68. The number of rotatable bonds is 15. The summed E-state index contributed by atoms with van der Waals surface area (Å²) in [7, 11) is 3.42. The molecule has 3 aliphatic rings. The minimum atomic E-state index is -0.702. The molecule has 5 rings (SSSR count). The molecule has 3 amide bonds. The van der Waals surface area contributed by atoms with Crippen LogP contribution in [0.1, 0.15) is 102 Å². The van der Waals surface area contributed by atoms with E-state index in [-0.39, 0.29) is 36.2 Å². The highest BCUT2D eigenvalue weighted by atomic mass is 19.1. The Bertz CT molecular complexity index is 1580. The van der Waals surface area contributed by atoms with Gasteiger partial charge in [-0.2, -0.15) is 0 Å². The van der Waals surface area contributed by atoms with Crippen LogP contribution in [0.25, 0.3) is 10.9 Å². The van der Waals surface area contributed by atoms with Crippen molar-refractivity contribution in [2.45, 2.75) is 109 Å². The molecule has 54 heavy (non-hydrogen) atoms. The van der Waals surface area contributed by atoms with E-state index in [1.165, 1.54) is 6.42 Å². The number of methoxy groups -OCH3 is 1. The number of hydrogen-bond donors (Lipinski definition) is 2. The highest BCUT2D eigenvalue weighted by Gasteiger charge is 2.47. The van der Waals surface area contributed by atoms with E-state index in [1.807, 2.05) is 30.1 Å². The molecule has 2 heterocycles. The second-order valence-corrected chi connectivity index (χ2v) is 16.3. The molecule has 12 nitrogen and oxygen atoms in total. The van der Waals surface area contributed by atoms with Crippen molar-refractivity contribution in [1.29, 1.82) is 0 Å². The number of hydrogen-bond acceptors (Lipinski definition) is 8. The summed E-state index contributed by atoms with van der Waals surface area (Å²) in [6.07, 6.45) is 8.69. The number of aryl methyl sites for hydroxylation is 1. The van der Waals surface area contributed by atoms with E-state index in [2.05, 4.69) is 10.6 Å². The number of carbonyl (C=O) groups is 4. The zero-order valence-electron chi connectivity index (χ0n) is 32.8. The number of nitrogens with one attached hydrogen (secondary N) is 2. The van der Waals surface area contributed by atoms with Gasteiger partial charge in [0.05, 0.1) is 25.9 Å². The molecule has 3 fully saturated rings. The number of ether oxygens (including phenoxy) is 4. The third kappa shape index (κ3) is 10.7. The van der Waals surface area contributed by atoms with Crippen molar-refractivity contribution in [2.24, 2.45) is 30.7 Å². The molecule has 2 saturated carbocycles. The fourth-order valence-corrected chi connectivity index (χ4v) is 8.68. The summed E-state index contributed by atoms with van der Waals surface area (Å²) in [5.41, 5.74) is 1.15. The first-order valence-electron chi connectivity index (χ1n) is 19.9. The zero-order chi connectivity index (χ0) is 38.8. The van der Waals surface area contributed by atoms with Gasteiger partial charge in [0, 0.05) is 56.2 Å². The number of carbonyl (C=O) groups excluding carboxylic acids is 4. The van der Waals surface area contributed by atoms with Gasteiger partial charge >= 0.3 is 12.1 Å². The van der Waals surface area contributed by atoms with Crippen molar-refractivity contribution in [3.05, 3.63) is 30.0 Å². The Morgan fingerprint density at radius 1 is 0.926 bits per heavy atom. The Kier molecular flexibility index (Phi) is 14.8. The molecule has 300 valence electrons. The van der Waals surface area contributed by atoms with Crippen LogP contribution in [0.3, 0.4) is 0 Å². The number of halogens is 1. The third-order valence-corrected chi connectivity index (χ3v) is 11.4. The van der Waals surface area contributed by atoms with E-state index in [0.717, 1.165) is 43.0 Å². The summed E-state index contributed by atoms with van der Waals surface area (Å²) < 4.78 is 37.1. The van der Waals surface area contributed by atoms with Crippen molar-refractivity contribution < 1.29 is 42.5 Å². The molecule has 0 spiro atoms. The normalized spacial score (nSPS) is 22.9. The van der Waals surface area contributed by atoms with Crippen molar-refractivity contribution in [1.82, 2.24) is 14.8 Å². The van der Waals surface area contributed by atoms with Gasteiger partial charge in [0.15, 0.2) is 0 Å². The number of benzene rings is 1. The Labute approximate surface area is 319 Å². The van der Waals surface area contributed by atoms with Crippen LogP contribution in [0.2, 0.25) is 0 Å². The summed E-state index contributed by atoms with van der Waals surface area (Å²) in [5, 5.41) is 6.63. The van der Waals surface area contributed by atoms with Crippen LogP contribution < -0.4 is 10.6 Å². The predicted octanol–water partition coefficient (Wildman–Crippen LogP) is 6.79. The fraction of sp³-hybridized carbons (Fsp3) is 0.707. The molecule has 0 unspecified atom stereocenters. The van der Waals surface area contributed by atoms with Gasteiger partial charge in [-0.05, 0) is 94.9 Å². The number of fused-ring (bicyclic) bond motifs is 1. The van der Waals surface area contributed by atoms with Crippen LogP contribution in [0, 0.1) is 23.7 Å². The number of alkyl halides is 1. The van der Waals surface area contributed by atoms with Crippen LogP contribution >= 0.6 is 0 Å². The molecule has 1 aromatic carbocycles. The van der Waals surface area contributed by atoms with Gasteiger partial charge in [-0.25, -0.2) is 14.0 Å². The molecule has 2 aliphatic carbocycles. The Morgan fingerprint density at radius 3 is 2.35 bits per heavy atom. The molecule has 1 saturated heterocycles. The number of esters is 1. The highest BCUT2D eigenvalue weighted by molar-refractivity contribution is 6.01. The first kappa shape index (κ1) is 41.5. The smallest absolute Gasteiger partial charge is 0.407 e. The number of aromatic nitrogens is 1. The van der Waals surface area contributed by atoms with Crippen LogP contribution in [0.5, 0.6) is 0 Å². The van der Waals surface area contributed by atoms with Gasteiger partial charge in [0.2, 0.25) is 11.8 Å². The minimum absolute atomic E-state index is 0.00739. The maximum Gasteiger partial charge on any atom is 0.407 e. The lowest BCUT2D eigenvalue weighted by Crippen LogP contribution is -2.50. The summed E-state index contributed by atoms with van der Waals surface area (Å²) in [6.45, 7) is 6.84. The maximum atomic E-state index is 14.3. The lowest BCUT2D eigenvalue weighted by atomic mass is 9.76. The highest BCUT2D eigenvalue weighted by Crippen LogP contribution is 2.41. The molecule has 2 N–H and O–H groups in total. The topological polar surface area (TPSA) is 137 Å². The van der Waals surface area contributed by atoms with Gasteiger partial charge < -0.3 is 39.0 Å². The maximum absolute atomic E-state index is 14.3. The number of nitrogens with zero attached hydrogens (tertiary/aromatic N) is 2. The van der Waals surface area contributed by atoms with Gasteiger partial charge in [-0.1, -0.05) is 32.1 Å². The Morgan fingerprint density at radius 2 is 1.67 bits per heavy atom. The van der Waals surface area contributed by atoms with E-state index in [4.69, 9.17) is 18.9 Å². The third-order valence-electron chi connectivity index (χ3n) is 11.4. The van der Waals surface area contributed by atoms with Gasteiger partial charge in [0.25, 0.3) is 0 Å². The molecule has 0 bridgehead atoms. The minimum Gasteiger partial charge on any atom is -0.461 e. The van der Waals surface area contributed by atoms with E-state index >= 15 is 0 Å². The number of alkyl carbamates (subject to hydrolysis) is 1. The van der Waals surface area contributed by atoms with Crippen LogP contribution in [0.15, 0.2) is 24.3 Å². The monoisotopic (exact) mass is 756 g/mol. The summed E-state index contributed by atoms with van der Waals surface area (Å²) >= 11 is 0. The molecular weight excluding hydrogens is 695 g/mol. The molecule has 1 aromatic heterocycles. The Hall–Kier alpha value is -3.71. The van der Waals surface area contributed by atoms with E-state index in [9.17, 15) is 23.6 Å². The number of anilines is 1. The lowest BCUT2D eigenvalue weighted by Gasteiger charge is -2.37. The van der Waals surface area contributed by atoms with Gasteiger partial charge in [-0.3, -0.25) is 9.59 Å². The molecule has 0 radical (unpaired) electrons. The van der Waals surface area contributed by atoms with Crippen LogP contribution in [0.4, 0.5) is 14.9 Å². The molecule has 1 aliphatic heterocycles. The van der Waals surface area contributed by atoms with E-state index < -0.39 is 36.4 Å². The first-order chi connectivity index (χ1) is 25.9. The van der Waals surface area contributed by atoms with Gasteiger partial charge in [-0.15, -0.1) is 0 Å². The molecule has 2 aromatic rings. The van der Waals surface area contributed by atoms with Crippen molar-refractivity contribution in [3.8, 4) is 0 Å². The van der Waals surface area contributed by atoms with Crippen molar-refractivity contribution in [3.63, 3.8) is 0 Å². The van der Waals surface area contributed by atoms with Crippen molar-refractivity contribution in [2.75, 3.05) is 52.1 Å². The van der Waals surface area contributed by atoms with Crippen LogP contribution in [-0.4, -0.2) is 97.8 Å². The quantitative estimate of drug-likeness (QED) is 0.150. The lowest BCUT2D eigenvalue weighted by molar-refractivity contribution is -0.142. The average molecular weight is 757 g/mol. The second kappa shape index (κ2) is 19.2. The number of amides is 3. The standard InChI is InChI=1S/C41H61FN4O8/c1-41(2,3)54-40(50)44-33(26-42)28-12-14-29(15-13-28)38(48)46-19-18-32(27-10-7-6-8-11-27)36(46)37(47)43-31-16-17-34-30(24-31)25-35(45(34)4)39(49)53-21-9-20-52-23-22-51-5/h16-17,24-25,27-29,32-33,36H,6-15,18-23,26H2,1-5H3,(H,43,47)(H,44,50)/t28?,29?,32-,33+,36+/m0/s1. The van der Waals surface area contributed by atoms with E-state index in [1.54, 1.807) is 38.5 Å². The molecule has 3 atom stereocenters. The summed E-state index contributed by atoms with van der Waals surface area (Å²) in [4.78, 5) is 55.6. The first-order valence-corrected chi connectivity index (χ1v) is 19.9. The Balaban J connectivity index is 1.23. The van der Waals surface area contributed by atoms with Gasteiger partial charge in [0.1, 0.15) is 24.0 Å². The average Bonchev–Trinajstić information content (AvgIpc) is 3.74. The molecule has 13 heteroatoms. The SMILES string of the molecule is COCCOCCCOC(=O)c1cc2cc(NC(=O)[C@H]3[C@H](C4CCCCC4)CCN3C(=O)C3CCC([C@@H](CF)NC(=O)OC(C)(C)C)CC3)ccc2n1C. The summed E-state index contributed by atoms with van der Waals surface area (Å²) in [5.74, 6) is -0.522.